The number of sulfonamides is 1. The van der Waals surface area contributed by atoms with Crippen LogP contribution < -0.4 is 23.8 Å². The molecule has 2 heterocycles. The van der Waals surface area contributed by atoms with E-state index in [0.717, 1.165) is 0 Å². The van der Waals surface area contributed by atoms with Crippen LogP contribution in [0.25, 0.3) is 0 Å². The van der Waals surface area contributed by atoms with Gasteiger partial charge in [-0.3, -0.25) is 9.10 Å². The lowest BCUT2D eigenvalue weighted by Gasteiger charge is -2.34. The molecule has 9 heteroatoms. The first-order valence-corrected chi connectivity index (χ1v) is 9.84. The summed E-state index contributed by atoms with van der Waals surface area (Å²) >= 11 is 0. The van der Waals surface area contributed by atoms with Gasteiger partial charge in [-0.05, 0) is 24.3 Å². The summed E-state index contributed by atoms with van der Waals surface area (Å²) in [5, 5.41) is 2.50. The van der Waals surface area contributed by atoms with Gasteiger partial charge in [-0.2, -0.15) is 0 Å². The minimum absolute atomic E-state index is 0.0547. The minimum Gasteiger partial charge on any atom is -0.486 e. The first-order chi connectivity index (χ1) is 13.0. The van der Waals surface area contributed by atoms with Gasteiger partial charge in [-0.25, -0.2) is 8.42 Å². The molecule has 1 N–H and O–H groups in total. The third-order valence-electron chi connectivity index (χ3n) is 4.38. The van der Waals surface area contributed by atoms with E-state index in [2.05, 4.69) is 5.32 Å². The number of carbonyl (C=O) groups is 1. The molecule has 0 unspecified atom stereocenters. The molecule has 0 radical (unpaired) electrons. The van der Waals surface area contributed by atoms with E-state index in [1.54, 1.807) is 30.3 Å². The van der Waals surface area contributed by atoms with E-state index in [0.29, 0.717) is 36.1 Å². The Morgan fingerprint density at radius 3 is 2.59 bits per heavy atom. The lowest BCUT2D eigenvalue weighted by Crippen LogP contribution is -2.50. The molecule has 2 aromatic carbocycles. The van der Waals surface area contributed by atoms with Crippen LogP contribution in [0.1, 0.15) is 0 Å². The van der Waals surface area contributed by atoms with Crippen molar-refractivity contribution in [3.05, 3.63) is 42.5 Å². The summed E-state index contributed by atoms with van der Waals surface area (Å²) in [5.41, 5.74) is 0.382. The fourth-order valence-corrected chi connectivity index (χ4v) is 4.53. The fraction of sp³-hybridized carbons (Fsp3) is 0.278. The number of nitrogens with zero attached hydrogens (tertiary/aromatic N) is 1. The molecule has 0 aromatic heterocycles. The quantitative estimate of drug-likeness (QED) is 0.845. The number of benzene rings is 2. The molecule has 1 atom stereocenters. The van der Waals surface area contributed by atoms with Crippen LogP contribution in [0, 0.1) is 0 Å². The molecular weight excluding hydrogens is 372 g/mol. The third kappa shape index (κ3) is 3.03. The number of hydrogen-bond donors (Lipinski definition) is 1. The Balaban J connectivity index is 1.77. The van der Waals surface area contributed by atoms with Gasteiger partial charge in [0, 0.05) is 13.1 Å². The van der Waals surface area contributed by atoms with Gasteiger partial charge >= 0.3 is 0 Å². The molecule has 142 valence electrons. The van der Waals surface area contributed by atoms with Crippen LogP contribution in [0.2, 0.25) is 0 Å². The summed E-state index contributed by atoms with van der Waals surface area (Å²) in [6, 6.07) is 11.2. The van der Waals surface area contributed by atoms with Gasteiger partial charge in [0.15, 0.2) is 17.6 Å². The maximum atomic E-state index is 13.3. The molecule has 2 aliphatic rings. The van der Waals surface area contributed by atoms with E-state index in [9.17, 15) is 13.2 Å². The monoisotopic (exact) mass is 390 g/mol. The Kier molecular flexibility index (Phi) is 4.31. The maximum absolute atomic E-state index is 13.3. The SMILES string of the molecule is CNC(=O)[C@@H]1CN(S(=O)(=O)c2ccc3c(c2)OCCO3)c2ccccc2O1. The lowest BCUT2D eigenvalue weighted by molar-refractivity contribution is -0.127. The highest BCUT2D eigenvalue weighted by atomic mass is 32.2. The number of ether oxygens (including phenoxy) is 3. The summed E-state index contributed by atoms with van der Waals surface area (Å²) in [6.45, 7) is 0.646. The van der Waals surface area contributed by atoms with Gasteiger partial charge in [-0.1, -0.05) is 12.1 Å². The molecule has 0 fully saturated rings. The van der Waals surface area contributed by atoms with Crippen molar-refractivity contribution in [1.82, 2.24) is 5.32 Å². The van der Waals surface area contributed by atoms with Crippen molar-refractivity contribution < 1.29 is 27.4 Å². The zero-order chi connectivity index (χ0) is 19.0. The first-order valence-electron chi connectivity index (χ1n) is 8.40. The molecule has 8 nitrogen and oxygen atoms in total. The Morgan fingerprint density at radius 2 is 1.81 bits per heavy atom. The van der Waals surface area contributed by atoms with Crippen molar-refractivity contribution in [1.29, 1.82) is 0 Å². The number of rotatable bonds is 3. The predicted molar refractivity (Wildman–Crippen MR) is 96.9 cm³/mol. The van der Waals surface area contributed by atoms with Crippen LogP contribution in [-0.4, -0.2) is 47.2 Å². The minimum atomic E-state index is -3.95. The van der Waals surface area contributed by atoms with E-state index < -0.39 is 22.0 Å². The van der Waals surface area contributed by atoms with E-state index >= 15 is 0 Å². The number of likely N-dealkylation sites (N-methyl/N-ethyl adjacent to an activating group) is 1. The van der Waals surface area contributed by atoms with E-state index in [4.69, 9.17) is 14.2 Å². The normalized spacial score (nSPS) is 18.3. The second kappa shape index (κ2) is 6.66. The number of anilines is 1. The van der Waals surface area contributed by atoms with Crippen molar-refractivity contribution in [2.24, 2.45) is 0 Å². The van der Waals surface area contributed by atoms with Crippen molar-refractivity contribution >= 4 is 21.6 Å². The van der Waals surface area contributed by atoms with Gasteiger partial charge in [0.1, 0.15) is 19.0 Å². The van der Waals surface area contributed by atoms with Crippen LogP contribution in [-0.2, 0) is 14.8 Å². The Hall–Kier alpha value is -2.94. The number of fused-ring (bicyclic) bond motifs is 2. The van der Waals surface area contributed by atoms with Gasteiger partial charge < -0.3 is 19.5 Å². The van der Waals surface area contributed by atoms with Crippen LogP contribution in [0.4, 0.5) is 5.69 Å². The van der Waals surface area contributed by atoms with Crippen LogP contribution in [0.5, 0.6) is 17.2 Å². The molecular formula is C18H18N2O6S. The summed E-state index contributed by atoms with van der Waals surface area (Å²) in [5.74, 6) is 0.822. The topological polar surface area (TPSA) is 94.2 Å². The van der Waals surface area contributed by atoms with Gasteiger partial charge in [-0.15, -0.1) is 0 Å². The number of nitrogens with one attached hydrogen (secondary N) is 1. The number of carbonyl (C=O) groups excluding carboxylic acids is 1. The van der Waals surface area contributed by atoms with Crippen molar-refractivity contribution in [3.63, 3.8) is 0 Å². The van der Waals surface area contributed by atoms with Gasteiger partial charge in [0.25, 0.3) is 15.9 Å². The largest absolute Gasteiger partial charge is 0.486 e. The van der Waals surface area contributed by atoms with Crippen LogP contribution in [0.3, 0.4) is 0 Å². The Bertz CT molecular complexity index is 991. The molecule has 1 amide bonds. The second-order valence-corrected chi connectivity index (χ2v) is 7.89. The Labute approximate surface area is 156 Å². The first kappa shape index (κ1) is 17.5. The highest BCUT2D eigenvalue weighted by Crippen LogP contribution is 2.39. The number of para-hydroxylation sites is 2. The Morgan fingerprint density at radius 1 is 1.07 bits per heavy atom. The summed E-state index contributed by atoms with van der Waals surface area (Å²) in [6.07, 6.45) is -0.947. The zero-order valence-electron chi connectivity index (χ0n) is 14.5. The predicted octanol–water partition coefficient (Wildman–Crippen LogP) is 1.16. The van der Waals surface area contributed by atoms with Crippen molar-refractivity contribution in [3.8, 4) is 17.2 Å². The molecule has 0 saturated carbocycles. The highest BCUT2D eigenvalue weighted by Gasteiger charge is 2.37. The summed E-state index contributed by atoms with van der Waals surface area (Å²) in [4.78, 5) is 12.1. The smallest absolute Gasteiger partial charge is 0.264 e. The molecule has 2 aliphatic heterocycles. The molecule has 0 bridgehead atoms. The fourth-order valence-electron chi connectivity index (χ4n) is 3.04. The average molecular weight is 390 g/mol. The number of amides is 1. The number of hydrogen-bond acceptors (Lipinski definition) is 6. The third-order valence-corrected chi connectivity index (χ3v) is 6.15. The molecule has 4 rings (SSSR count). The standard InChI is InChI=1S/C18H18N2O6S/c1-19-18(21)17-11-20(13-4-2-3-5-14(13)26-17)27(22,23)12-6-7-15-16(10-12)25-9-8-24-15/h2-7,10,17H,8-9,11H2,1H3,(H,19,21)/t17-/m0/s1. The second-order valence-electron chi connectivity index (χ2n) is 6.03. The lowest BCUT2D eigenvalue weighted by atomic mass is 10.2. The molecule has 2 aromatic rings. The summed E-state index contributed by atoms with van der Waals surface area (Å²) < 4.78 is 44.5. The van der Waals surface area contributed by atoms with Crippen LogP contribution >= 0.6 is 0 Å². The van der Waals surface area contributed by atoms with Gasteiger partial charge in [0.2, 0.25) is 0 Å². The van der Waals surface area contributed by atoms with E-state index in [1.165, 1.54) is 23.5 Å². The molecule has 0 aliphatic carbocycles. The van der Waals surface area contributed by atoms with Crippen LogP contribution in [0.15, 0.2) is 47.4 Å². The molecule has 27 heavy (non-hydrogen) atoms. The molecule has 0 spiro atoms. The maximum Gasteiger partial charge on any atom is 0.264 e. The van der Waals surface area contributed by atoms with E-state index in [1.807, 2.05) is 0 Å². The van der Waals surface area contributed by atoms with E-state index in [-0.39, 0.29) is 11.4 Å². The highest BCUT2D eigenvalue weighted by molar-refractivity contribution is 7.92. The average Bonchev–Trinajstić information content (AvgIpc) is 2.71. The zero-order valence-corrected chi connectivity index (χ0v) is 15.4. The van der Waals surface area contributed by atoms with Gasteiger partial charge in [0.05, 0.1) is 17.1 Å². The molecule has 0 saturated heterocycles. The van der Waals surface area contributed by atoms with Crippen molar-refractivity contribution in [2.45, 2.75) is 11.0 Å². The summed E-state index contributed by atoms with van der Waals surface area (Å²) in [7, 11) is -2.47. The van der Waals surface area contributed by atoms with Crippen molar-refractivity contribution in [2.75, 3.05) is 31.1 Å².